The molecule has 1 heterocycles. The normalized spacial score (nSPS) is 24.5. The van der Waals surface area contributed by atoms with Gasteiger partial charge in [0.2, 0.25) is 0 Å². The lowest BCUT2D eigenvalue weighted by molar-refractivity contribution is -0.184. The van der Waals surface area contributed by atoms with Gasteiger partial charge in [-0.2, -0.15) is 0 Å². The summed E-state index contributed by atoms with van der Waals surface area (Å²) in [5.41, 5.74) is 2.24. The van der Waals surface area contributed by atoms with E-state index in [1.54, 1.807) is 0 Å². The summed E-state index contributed by atoms with van der Waals surface area (Å²) < 4.78 is 17.9. The van der Waals surface area contributed by atoms with Crippen LogP contribution < -0.4 is 0 Å². The molecule has 1 saturated heterocycles. The first kappa shape index (κ1) is 15.2. The quantitative estimate of drug-likeness (QED) is 0.810. The maximum absolute atomic E-state index is 6.17. The van der Waals surface area contributed by atoms with E-state index in [0.29, 0.717) is 19.8 Å². The Morgan fingerprint density at radius 3 is 2.41 bits per heavy atom. The second-order valence-corrected chi connectivity index (χ2v) is 5.52. The Balaban J connectivity index is 1.55. The maximum Gasteiger partial charge on any atom is 0.195 e. The first-order valence-electron chi connectivity index (χ1n) is 7.81. The fraction of sp³-hybridized carbons (Fsp3) is 0.368. The zero-order chi connectivity index (χ0) is 15.3. The van der Waals surface area contributed by atoms with E-state index in [1.807, 2.05) is 36.4 Å². The molecule has 0 saturated carbocycles. The molecule has 2 atom stereocenters. The summed E-state index contributed by atoms with van der Waals surface area (Å²) in [5.74, 6) is -0.623. The molecule has 0 radical (unpaired) electrons. The summed E-state index contributed by atoms with van der Waals surface area (Å²) in [6.45, 7) is 3.80. The van der Waals surface area contributed by atoms with Crippen LogP contribution in [0, 0.1) is 0 Å². The van der Waals surface area contributed by atoms with Crippen molar-refractivity contribution in [3.8, 4) is 0 Å². The van der Waals surface area contributed by atoms with Crippen LogP contribution in [0.1, 0.15) is 24.5 Å². The van der Waals surface area contributed by atoms with E-state index in [-0.39, 0.29) is 6.10 Å². The second kappa shape index (κ2) is 7.05. The van der Waals surface area contributed by atoms with Gasteiger partial charge in [0.05, 0.1) is 19.8 Å². The van der Waals surface area contributed by atoms with Gasteiger partial charge in [-0.3, -0.25) is 0 Å². The second-order valence-electron chi connectivity index (χ2n) is 5.52. The fourth-order valence-electron chi connectivity index (χ4n) is 2.76. The number of ether oxygens (including phenoxy) is 3. The lowest BCUT2D eigenvalue weighted by Gasteiger charge is -2.27. The third-order valence-electron chi connectivity index (χ3n) is 3.95. The van der Waals surface area contributed by atoms with E-state index in [0.717, 1.165) is 12.0 Å². The molecular weight excluding hydrogens is 276 g/mol. The van der Waals surface area contributed by atoms with Crippen LogP contribution in [-0.4, -0.2) is 19.3 Å². The smallest absolute Gasteiger partial charge is 0.195 e. The van der Waals surface area contributed by atoms with Gasteiger partial charge < -0.3 is 14.2 Å². The first-order chi connectivity index (χ1) is 10.8. The molecule has 116 valence electrons. The van der Waals surface area contributed by atoms with Gasteiger partial charge in [0.15, 0.2) is 5.79 Å². The molecule has 1 fully saturated rings. The van der Waals surface area contributed by atoms with Crippen LogP contribution in [0.3, 0.4) is 0 Å². The molecule has 0 spiro atoms. The van der Waals surface area contributed by atoms with E-state index in [2.05, 4.69) is 31.2 Å². The summed E-state index contributed by atoms with van der Waals surface area (Å²) in [4.78, 5) is 0. The number of rotatable bonds is 6. The van der Waals surface area contributed by atoms with Crippen molar-refractivity contribution in [2.45, 2.75) is 31.8 Å². The first-order valence-corrected chi connectivity index (χ1v) is 7.81. The number of hydrogen-bond donors (Lipinski definition) is 0. The Morgan fingerprint density at radius 1 is 1.05 bits per heavy atom. The molecule has 3 heteroatoms. The van der Waals surface area contributed by atoms with Crippen LogP contribution >= 0.6 is 0 Å². The SMILES string of the molecule is CCC1(c2ccccc2)OCC(COCc2ccccc2)O1. The van der Waals surface area contributed by atoms with Crippen molar-refractivity contribution >= 4 is 0 Å². The molecular formula is C19H22O3. The van der Waals surface area contributed by atoms with E-state index in [4.69, 9.17) is 14.2 Å². The average molecular weight is 298 g/mol. The van der Waals surface area contributed by atoms with Gasteiger partial charge in [-0.1, -0.05) is 67.6 Å². The van der Waals surface area contributed by atoms with Crippen molar-refractivity contribution in [1.29, 1.82) is 0 Å². The Bertz CT molecular complexity index is 570. The predicted octanol–water partition coefficient (Wildman–Crippen LogP) is 3.88. The fourth-order valence-corrected chi connectivity index (χ4v) is 2.76. The van der Waals surface area contributed by atoms with Crippen molar-refractivity contribution in [1.82, 2.24) is 0 Å². The minimum absolute atomic E-state index is 0.0242. The zero-order valence-electron chi connectivity index (χ0n) is 12.9. The maximum atomic E-state index is 6.17. The summed E-state index contributed by atoms with van der Waals surface area (Å²) in [6, 6.07) is 20.3. The van der Waals surface area contributed by atoms with Crippen molar-refractivity contribution in [3.63, 3.8) is 0 Å². The molecule has 3 rings (SSSR count). The van der Waals surface area contributed by atoms with Crippen molar-refractivity contribution in [3.05, 3.63) is 71.8 Å². The van der Waals surface area contributed by atoms with Crippen LogP contribution in [0.5, 0.6) is 0 Å². The highest BCUT2D eigenvalue weighted by molar-refractivity contribution is 5.21. The summed E-state index contributed by atoms with van der Waals surface area (Å²) in [5, 5.41) is 0. The van der Waals surface area contributed by atoms with E-state index in [9.17, 15) is 0 Å². The van der Waals surface area contributed by atoms with E-state index < -0.39 is 5.79 Å². The summed E-state index contributed by atoms with van der Waals surface area (Å²) in [7, 11) is 0. The van der Waals surface area contributed by atoms with Gasteiger partial charge in [-0.25, -0.2) is 0 Å². The molecule has 2 aromatic rings. The van der Waals surface area contributed by atoms with Gasteiger partial charge in [0.1, 0.15) is 6.10 Å². The molecule has 0 amide bonds. The molecule has 0 N–H and O–H groups in total. The summed E-state index contributed by atoms with van der Waals surface area (Å²) in [6.07, 6.45) is 0.760. The Labute approximate surface area is 131 Å². The highest BCUT2D eigenvalue weighted by Crippen LogP contribution is 2.37. The predicted molar refractivity (Wildman–Crippen MR) is 85.3 cm³/mol. The van der Waals surface area contributed by atoms with Crippen molar-refractivity contribution in [2.24, 2.45) is 0 Å². The lowest BCUT2D eigenvalue weighted by Crippen LogP contribution is -2.28. The Hall–Kier alpha value is -1.68. The molecule has 2 unspecified atom stereocenters. The average Bonchev–Trinajstić information content (AvgIpc) is 3.01. The van der Waals surface area contributed by atoms with Gasteiger partial charge in [0.25, 0.3) is 0 Å². The van der Waals surface area contributed by atoms with Gasteiger partial charge >= 0.3 is 0 Å². The molecule has 3 nitrogen and oxygen atoms in total. The topological polar surface area (TPSA) is 27.7 Å². The van der Waals surface area contributed by atoms with Crippen LogP contribution in [-0.2, 0) is 26.6 Å². The van der Waals surface area contributed by atoms with Crippen LogP contribution in [0.4, 0.5) is 0 Å². The molecule has 1 aliphatic heterocycles. The van der Waals surface area contributed by atoms with Crippen LogP contribution in [0.2, 0.25) is 0 Å². The van der Waals surface area contributed by atoms with Crippen molar-refractivity contribution in [2.75, 3.05) is 13.2 Å². The minimum Gasteiger partial charge on any atom is -0.374 e. The van der Waals surface area contributed by atoms with Gasteiger partial charge in [-0.05, 0) is 5.56 Å². The molecule has 0 aromatic heterocycles. The Kier molecular flexibility index (Phi) is 4.88. The Morgan fingerprint density at radius 2 is 1.73 bits per heavy atom. The molecule has 22 heavy (non-hydrogen) atoms. The highest BCUT2D eigenvalue weighted by Gasteiger charge is 2.41. The summed E-state index contributed by atoms with van der Waals surface area (Å²) >= 11 is 0. The van der Waals surface area contributed by atoms with Gasteiger partial charge in [-0.15, -0.1) is 0 Å². The zero-order valence-corrected chi connectivity index (χ0v) is 12.9. The highest BCUT2D eigenvalue weighted by atomic mass is 16.7. The minimum atomic E-state index is -0.623. The van der Waals surface area contributed by atoms with Gasteiger partial charge in [0, 0.05) is 12.0 Å². The molecule has 0 bridgehead atoms. The standard InChI is InChI=1S/C19H22O3/c1-2-19(17-11-7-4-8-12-17)21-15-18(22-19)14-20-13-16-9-5-3-6-10-16/h3-12,18H,2,13-15H2,1H3. The monoisotopic (exact) mass is 298 g/mol. The van der Waals surface area contributed by atoms with Crippen molar-refractivity contribution < 1.29 is 14.2 Å². The molecule has 2 aromatic carbocycles. The largest absolute Gasteiger partial charge is 0.374 e. The third kappa shape index (κ3) is 3.38. The van der Waals surface area contributed by atoms with Crippen LogP contribution in [0.25, 0.3) is 0 Å². The number of hydrogen-bond acceptors (Lipinski definition) is 3. The van der Waals surface area contributed by atoms with E-state index >= 15 is 0 Å². The number of benzene rings is 2. The molecule has 0 aliphatic carbocycles. The lowest BCUT2D eigenvalue weighted by atomic mass is 10.0. The van der Waals surface area contributed by atoms with Crippen LogP contribution in [0.15, 0.2) is 60.7 Å². The molecule has 1 aliphatic rings. The van der Waals surface area contributed by atoms with E-state index in [1.165, 1.54) is 5.56 Å². The third-order valence-corrected chi connectivity index (χ3v) is 3.95.